The summed E-state index contributed by atoms with van der Waals surface area (Å²) >= 11 is 0. The van der Waals surface area contributed by atoms with E-state index >= 15 is 0 Å². The Hall–Kier alpha value is -1.62. The zero-order valence-corrected chi connectivity index (χ0v) is 16.9. The number of carbonyl (C=O) groups excluding carboxylic acids is 2. The molecule has 4 rings (SSSR count). The minimum Gasteiger partial charge on any atom is -0.353 e. The lowest BCUT2D eigenvalue weighted by atomic mass is 9.72. The summed E-state index contributed by atoms with van der Waals surface area (Å²) in [5, 5.41) is 0. The van der Waals surface area contributed by atoms with Crippen molar-refractivity contribution >= 4 is 11.7 Å². The van der Waals surface area contributed by atoms with Crippen molar-refractivity contribution < 1.29 is 9.59 Å². The van der Waals surface area contributed by atoms with E-state index in [0.717, 1.165) is 44.6 Å². The van der Waals surface area contributed by atoms with Gasteiger partial charge in [-0.15, -0.1) is 0 Å². The van der Waals surface area contributed by atoms with Crippen LogP contribution < -0.4 is 0 Å². The summed E-state index contributed by atoms with van der Waals surface area (Å²) in [6, 6.07) is 2.55. The Balaban J connectivity index is 1.36. The van der Waals surface area contributed by atoms with Gasteiger partial charge in [-0.05, 0) is 63.6 Å². The fraction of sp³-hybridized carbons (Fsp3) is 0.727. The summed E-state index contributed by atoms with van der Waals surface area (Å²) in [4.78, 5) is 28.9. The van der Waals surface area contributed by atoms with Crippen LogP contribution in [0.25, 0.3) is 0 Å². The molecule has 27 heavy (non-hydrogen) atoms. The van der Waals surface area contributed by atoms with E-state index in [2.05, 4.69) is 14.4 Å². The predicted octanol–water partition coefficient (Wildman–Crippen LogP) is 3.37. The predicted molar refractivity (Wildman–Crippen MR) is 106 cm³/mol. The summed E-state index contributed by atoms with van der Waals surface area (Å²) in [5.74, 6) is 0.531. The second kappa shape index (κ2) is 7.42. The molecule has 0 unspecified atom stereocenters. The van der Waals surface area contributed by atoms with E-state index in [1.54, 1.807) is 6.92 Å². The topological polar surface area (TPSA) is 45.6 Å². The van der Waals surface area contributed by atoms with Gasteiger partial charge in [0.05, 0.1) is 0 Å². The molecule has 1 saturated carbocycles. The highest BCUT2D eigenvalue weighted by Gasteiger charge is 2.43. The zero-order chi connectivity index (χ0) is 19.0. The third-order valence-corrected chi connectivity index (χ3v) is 7.28. The minimum atomic E-state index is 0.133. The first-order valence-corrected chi connectivity index (χ1v) is 10.6. The Morgan fingerprint density at radius 1 is 1.19 bits per heavy atom. The van der Waals surface area contributed by atoms with Crippen molar-refractivity contribution in [3.05, 3.63) is 23.5 Å². The summed E-state index contributed by atoms with van der Waals surface area (Å²) < 4.78 is 2.09. The number of hydrogen-bond donors (Lipinski definition) is 0. The van der Waals surface area contributed by atoms with Gasteiger partial charge in [0, 0.05) is 50.1 Å². The van der Waals surface area contributed by atoms with E-state index in [9.17, 15) is 9.59 Å². The molecule has 1 amide bonds. The molecule has 5 heteroatoms. The van der Waals surface area contributed by atoms with Crippen molar-refractivity contribution in [3.8, 4) is 0 Å². The molecular formula is C22H33N3O2. The molecule has 5 nitrogen and oxygen atoms in total. The average Bonchev–Trinajstić information content (AvgIpc) is 3.30. The van der Waals surface area contributed by atoms with Gasteiger partial charge in [-0.25, -0.2) is 0 Å². The SMILES string of the molecule is CC(=O)c1cc(CN2CCC3(CCC(=O)N(C4CCCC4)C3)CC2)n(C)c1. The van der Waals surface area contributed by atoms with Crippen LogP contribution >= 0.6 is 0 Å². The van der Waals surface area contributed by atoms with Crippen LogP contribution in [-0.4, -0.2) is 51.7 Å². The van der Waals surface area contributed by atoms with Gasteiger partial charge in [0.2, 0.25) is 5.91 Å². The van der Waals surface area contributed by atoms with E-state index in [0.29, 0.717) is 17.4 Å². The van der Waals surface area contributed by atoms with E-state index in [1.807, 2.05) is 19.3 Å². The van der Waals surface area contributed by atoms with Gasteiger partial charge in [-0.3, -0.25) is 14.5 Å². The molecule has 1 aliphatic carbocycles. The molecule has 0 radical (unpaired) electrons. The quantitative estimate of drug-likeness (QED) is 0.762. The van der Waals surface area contributed by atoms with Gasteiger partial charge >= 0.3 is 0 Å². The van der Waals surface area contributed by atoms with Crippen LogP contribution in [0.3, 0.4) is 0 Å². The average molecular weight is 372 g/mol. The maximum Gasteiger partial charge on any atom is 0.222 e. The lowest BCUT2D eigenvalue weighted by molar-refractivity contribution is -0.142. The number of amides is 1. The molecule has 0 N–H and O–H groups in total. The van der Waals surface area contributed by atoms with Crippen LogP contribution in [0.2, 0.25) is 0 Å². The fourth-order valence-electron chi connectivity index (χ4n) is 5.38. The second-order valence-corrected chi connectivity index (χ2v) is 9.12. The van der Waals surface area contributed by atoms with Gasteiger partial charge < -0.3 is 9.47 Å². The van der Waals surface area contributed by atoms with Gasteiger partial charge in [-0.1, -0.05) is 12.8 Å². The number of aryl methyl sites for hydroxylation is 1. The van der Waals surface area contributed by atoms with Crippen LogP contribution in [-0.2, 0) is 18.4 Å². The number of carbonyl (C=O) groups is 2. The van der Waals surface area contributed by atoms with Crippen molar-refractivity contribution in [2.24, 2.45) is 12.5 Å². The molecule has 3 heterocycles. The molecule has 1 aromatic heterocycles. The number of rotatable bonds is 4. The summed E-state index contributed by atoms with van der Waals surface area (Å²) in [5.41, 5.74) is 2.35. The molecule has 0 bridgehead atoms. The van der Waals surface area contributed by atoms with E-state index < -0.39 is 0 Å². The van der Waals surface area contributed by atoms with E-state index in [4.69, 9.17) is 0 Å². The zero-order valence-electron chi connectivity index (χ0n) is 16.9. The molecule has 2 saturated heterocycles. The largest absolute Gasteiger partial charge is 0.353 e. The number of hydrogen-bond acceptors (Lipinski definition) is 3. The number of Topliss-reactive ketones (excluding diaryl/α,β-unsaturated/α-hetero) is 1. The first-order valence-electron chi connectivity index (χ1n) is 10.6. The van der Waals surface area contributed by atoms with Crippen molar-refractivity contribution in [1.82, 2.24) is 14.4 Å². The van der Waals surface area contributed by atoms with Crippen molar-refractivity contribution in [2.45, 2.75) is 70.9 Å². The Morgan fingerprint density at radius 3 is 2.52 bits per heavy atom. The Labute approximate surface area is 162 Å². The van der Waals surface area contributed by atoms with Crippen LogP contribution in [0.1, 0.15) is 74.3 Å². The van der Waals surface area contributed by atoms with Gasteiger partial charge in [0.1, 0.15) is 0 Å². The standard InChI is InChI=1S/C22H33N3O2/c1-17(26)18-13-20(23(2)14-18)15-24-11-9-22(10-12-24)8-7-21(27)25(16-22)19-5-3-4-6-19/h13-14,19H,3-12,15-16H2,1-2H3. The van der Waals surface area contributed by atoms with Gasteiger partial charge in [0.25, 0.3) is 0 Å². The maximum absolute atomic E-state index is 12.5. The van der Waals surface area contributed by atoms with E-state index in [-0.39, 0.29) is 5.78 Å². The fourth-order valence-corrected chi connectivity index (χ4v) is 5.38. The normalized spacial score (nSPS) is 24.1. The van der Waals surface area contributed by atoms with Crippen LogP contribution in [0.5, 0.6) is 0 Å². The van der Waals surface area contributed by atoms with E-state index in [1.165, 1.54) is 44.2 Å². The number of piperidine rings is 2. The Kier molecular flexibility index (Phi) is 5.15. The summed E-state index contributed by atoms with van der Waals surface area (Å²) in [7, 11) is 2.03. The maximum atomic E-state index is 12.5. The third kappa shape index (κ3) is 3.84. The molecule has 0 atom stereocenters. The third-order valence-electron chi connectivity index (χ3n) is 7.28. The van der Waals surface area contributed by atoms with Crippen LogP contribution in [0, 0.1) is 5.41 Å². The highest BCUT2D eigenvalue weighted by atomic mass is 16.2. The molecule has 3 fully saturated rings. The molecular weight excluding hydrogens is 338 g/mol. The Morgan fingerprint density at radius 2 is 1.89 bits per heavy atom. The number of likely N-dealkylation sites (tertiary alicyclic amines) is 2. The van der Waals surface area contributed by atoms with Gasteiger partial charge in [0.15, 0.2) is 5.78 Å². The molecule has 3 aliphatic rings. The lowest BCUT2D eigenvalue weighted by Gasteiger charge is -2.49. The van der Waals surface area contributed by atoms with Gasteiger partial charge in [-0.2, -0.15) is 0 Å². The number of ketones is 1. The first-order chi connectivity index (χ1) is 13.0. The summed E-state index contributed by atoms with van der Waals surface area (Å²) in [6.07, 6.45) is 11.1. The second-order valence-electron chi connectivity index (χ2n) is 9.12. The first kappa shape index (κ1) is 18.7. The lowest BCUT2D eigenvalue weighted by Crippen LogP contribution is -2.53. The Bertz CT molecular complexity index is 709. The monoisotopic (exact) mass is 371 g/mol. The number of nitrogens with zero attached hydrogens (tertiary/aromatic N) is 3. The highest BCUT2D eigenvalue weighted by Crippen LogP contribution is 2.42. The van der Waals surface area contributed by atoms with Crippen LogP contribution in [0.15, 0.2) is 12.3 Å². The van der Waals surface area contributed by atoms with Crippen molar-refractivity contribution in [2.75, 3.05) is 19.6 Å². The molecule has 2 aliphatic heterocycles. The van der Waals surface area contributed by atoms with Crippen molar-refractivity contribution in [1.29, 1.82) is 0 Å². The molecule has 1 aromatic rings. The van der Waals surface area contributed by atoms with Crippen molar-refractivity contribution in [3.63, 3.8) is 0 Å². The molecule has 148 valence electrons. The minimum absolute atomic E-state index is 0.133. The number of aromatic nitrogens is 1. The summed E-state index contributed by atoms with van der Waals surface area (Å²) in [6.45, 7) is 5.71. The molecule has 0 aromatic carbocycles. The smallest absolute Gasteiger partial charge is 0.222 e. The molecule has 1 spiro atoms. The highest BCUT2D eigenvalue weighted by molar-refractivity contribution is 5.94. The van der Waals surface area contributed by atoms with Crippen LogP contribution in [0.4, 0.5) is 0 Å².